The van der Waals surface area contributed by atoms with Crippen LogP contribution in [0.5, 0.6) is 0 Å². The number of nitrogens with one attached hydrogen (secondary N) is 2. The third-order valence-electron chi connectivity index (χ3n) is 4.13. The van der Waals surface area contributed by atoms with E-state index in [1.54, 1.807) is 0 Å². The third kappa shape index (κ3) is 2.80. The summed E-state index contributed by atoms with van der Waals surface area (Å²) in [5.41, 5.74) is 2.17. The number of carbonyl (C=O) groups is 1. The zero-order valence-electron chi connectivity index (χ0n) is 12.1. The van der Waals surface area contributed by atoms with Crippen LogP contribution in [-0.4, -0.2) is 30.2 Å². The summed E-state index contributed by atoms with van der Waals surface area (Å²) in [5.74, 6) is 0.101. The number of carbonyl (C=O) groups excluding carboxylic acids is 1. The molecule has 108 valence electrons. The van der Waals surface area contributed by atoms with Gasteiger partial charge < -0.3 is 15.4 Å². The number of hydrogen-bond donors (Lipinski definition) is 2. The van der Waals surface area contributed by atoms with Crippen LogP contribution in [0.3, 0.4) is 0 Å². The molecule has 1 aromatic rings. The molecule has 4 heteroatoms. The molecule has 2 aliphatic rings. The second kappa shape index (κ2) is 5.09. The number of hydrogen-bond acceptors (Lipinski definition) is 3. The average molecular weight is 274 g/mol. The molecule has 2 N–H and O–H groups in total. The van der Waals surface area contributed by atoms with Gasteiger partial charge in [0.05, 0.1) is 5.60 Å². The van der Waals surface area contributed by atoms with Crippen molar-refractivity contribution in [3.05, 3.63) is 29.8 Å². The van der Waals surface area contributed by atoms with Crippen molar-refractivity contribution in [2.45, 2.75) is 50.8 Å². The van der Waals surface area contributed by atoms with Crippen LogP contribution in [0.4, 0.5) is 5.69 Å². The zero-order valence-corrected chi connectivity index (χ0v) is 12.1. The molecule has 0 spiro atoms. The van der Waals surface area contributed by atoms with Gasteiger partial charge in [0.1, 0.15) is 6.04 Å². The second-order valence-corrected chi connectivity index (χ2v) is 6.36. The van der Waals surface area contributed by atoms with Gasteiger partial charge in [-0.3, -0.25) is 4.79 Å². The predicted octanol–water partition coefficient (Wildman–Crippen LogP) is 2.10. The van der Waals surface area contributed by atoms with Crippen LogP contribution in [0.1, 0.15) is 32.3 Å². The first kappa shape index (κ1) is 13.4. The van der Waals surface area contributed by atoms with Crippen molar-refractivity contribution >= 4 is 11.6 Å². The Hall–Kier alpha value is -1.55. The van der Waals surface area contributed by atoms with Crippen LogP contribution in [0.15, 0.2) is 24.3 Å². The fourth-order valence-corrected chi connectivity index (χ4v) is 3.11. The molecule has 1 saturated heterocycles. The lowest BCUT2D eigenvalue weighted by atomic mass is 9.93. The van der Waals surface area contributed by atoms with Gasteiger partial charge in [-0.25, -0.2) is 0 Å². The Morgan fingerprint density at radius 2 is 2.20 bits per heavy atom. The number of amides is 1. The van der Waals surface area contributed by atoms with Crippen LogP contribution in [0.25, 0.3) is 0 Å². The summed E-state index contributed by atoms with van der Waals surface area (Å²) in [6.45, 7) is 4.88. The lowest BCUT2D eigenvalue weighted by Gasteiger charge is -2.36. The minimum atomic E-state index is -0.140. The Labute approximate surface area is 119 Å². The highest BCUT2D eigenvalue weighted by Crippen LogP contribution is 2.27. The normalized spacial score (nSPS) is 27.5. The summed E-state index contributed by atoms with van der Waals surface area (Å²) >= 11 is 0. The molecule has 1 amide bonds. The molecule has 2 heterocycles. The van der Waals surface area contributed by atoms with Gasteiger partial charge in [-0.05, 0) is 38.3 Å². The van der Waals surface area contributed by atoms with E-state index in [1.165, 1.54) is 5.56 Å². The fourth-order valence-electron chi connectivity index (χ4n) is 3.11. The highest BCUT2D eigenvalue weighted by atomic mass is 16.5. The van der Waals surface area contributed by atoms with Crippen LogP contribution < -0.4 is 10.6 Å². The quantitative estimate of drug-likeness (QED) is 0.868. The van der Waals surface area contributed by atoms with E-state index in [0.29, 0.717) is 0 Å². The zero-order chi connectivity index (χ0) is 14.2. The lowest BCUT2D eigenvalue weighted by molar-refractivity contribution is -0.124. The number of fused-ring (bicyclic) bond motifs is 1. The predicted molar refractivity (Wildman–Crippen MR) is 78.8 cm³/mol. The Bertz CT molecular complexity index is 488. The van der Waals surface area contributed by atoms with E-state index in [9.17, 15) is 4.79 Å². The van der Waals surface area contributed by atoms with Crippen molar-refractivity contribution in [2.24, 2.45) is 0 Å². The van der Waals surface area contributed by atoms with Gasteiger partial charge in [0.2, 0.25) is 5.91 Å². The molecule has 0 radical (unpaired) electrons. The van der Waals surface area contributed by atoms with Crippen LogP contribution in [0.2, 0.25) is 0 Å². The van der Waals surface area contributed by atoms with Gasteiger partial charge in [0.15, 0.2) is 0 Å². The molecule has 1 fully saturated rings. The van der Waals surface area contributed by atoms with Crippen LogP contribution >= 0.6 is 0 Å². The molecule has 1 unspecified atom stereocenters. The molecular formula is C16H22N2O2. The molecular weight excluding hydrogens is 252 g/mol. The van der Waals surface area contributed by atoms with Gasteiger partial charge >= 0.3 is 0 Å². The van der Waals surface area contributed by atoms with E-state index < -0.39 is 0 Å². The summed E-state index contributed by atoms with van der Waals surface area (Å²) in [4.78, 5) is 12.4. The second-order valence-electron chi connectivity index (χ2n) is 6.36. The van der Waals surface area contributed by atoms with Gasteiger partial charge in [0.25, 0.3) is 0 Å². The Morgan fingerprint density at radius 1 is 1.40 bits per heavy atom. The van der Waals surface area contributed by atoms with Gasteiger partial charge in [-0.15, -0.1) is 0 Å². The lowest BCUT2D eigenvalue weighted by Crippen LogP contribution is -2.49. The molecule has 3 rings (SSSR count). The third-order valence-corrected chi connectivity index (χ3v) is 4.13. The highest BCUT2D eigenvalue weighted by molar-refractivity contribution is 5.87. The van der Waals surface area contributed by atoms with E-state index in [2.05, 4.69) is 30.5 Å². The Kier molecular flexibility index (Phi) is 3.42. The first-order chi connectivity index (χ1) is 9.53. The highest BCUT2D eigenvalue weighted by Gasteiger charge is 2.32. The van der Waals surface area contributed by atoms with Gasteiger partial charge in [-0.1, -0.05) is 18.2 Å². The summed E-state index contributed by atoms with van der Waals surface area (Å²) < 4.78 is 5.69. The van der Waals surface area contributed by atoms with Crippen molar-refractivity contribution in [2.75, 3.05) is 11.9 Å². The minimum Gasteiger partial charge on any atom is -0.375 e. The first-order valence-electron chi connectivity index (χ1n) is 7.32. The number of para-hydroxylation sites is 1. The smallest absolute Gasteiger partial charge is 0.243 e. The van der Waals surface area contributed by atoms with E-state index in [0.717, 1.165) is 31.6 Å². The van der Waals surface area contributed by atoms with E-state index in [4.69, 9.17) is 4.74 Å². The van der Waals surface area contributed by atoms with Crippen LogP contribution in [-0.2, 0) is 16.0 Å². The van der Waals surface area contributed by atoms with Crippen molar-refractivity contribution in [1.29, 1.82) is 0 Å². The molecule has 20 heavy (non-hydrogen) atoms. The van der Waals surface area contributed by atoms with Gasteiger partial charge in [-0.2, -0.15) is 0 Å². The largest absolute Gasteiger partial charge is 0.375 e. The Morgan fingerprint density at radius 3 is 2.95 bits per heavy atom. The van der Waals surface area contributed by atoms with Crippen molar-refractivity contribution < 1.29 is 9.53 Å². The molecule has 0 aromatic heterocycles. The van der Waals surface area contributed by atoms with E-state index >= 15 is 0 Å². The molecule has 2 atom stereocenters. The molecule has 0 bridgehead atoms. The van der Waals surface area contributed by atoms with Crippen molar-refractivity contribution in [1.82, 2.24) is 5.32 Å². The van der Waals surface area contributed by atoms with Crippen LogP contribution in [0, 0.1) is 0 Å². The molecule has 1 aromatic carbocycles. The standard InChI is InChI=1S/C16H22N2O2/c1-16(2)10-12(7-8-20-16)17-15(19)14-9-11-5-3-4-6-13(11)18-14/h3-6,12,14,18H,7-10H2,1-2H3,(H,17,19)/t12?,14-/m0/s1. The number of anilines is 1. The molecule has 4 nitrogen and oxygen atoms in total. The maximum absolute atomic E-state index is 12.4. The maximum Gasteiger partial charge on any atom is 0.243 e. The Balaban J connectivity index is 1.59. The monoisotopic (exact) mass is 274 g/mol. The van der Waals surface area contributed by atoms with Crippen molar-refractivity contribution in [3.8, 4) is 0 Å². The van der Waals surface area contributed by atoms with E-state index in [-0.39, 0.29) is 23.6 Å². The van der Waals surface area contributed by atoms with E-state index in [1.807, 2.05) is 18.2 Å². The number of ether oxygens (including phenoxy) is 1. The number of rotatable bonds is 2. The summed E-state index contributed by atoms with van der Waals surface area (Å²) in [5, 5.41) is 6.47. The van der Waals surface area contributed by atoms with Gasteiger partial charge in [0, 0.05) is 24.8 Å². The minimum absolute atomic E-state index is 0.101. The summed E-state index contributed by atoms with van der Waals surface area (Å²) in [6.07, 6.45) is 2.54. The topological polar surface area (TPSA) is 50.4 Å². The summed E-state index contributed by atoms with van der Waals surface area (Å²) in [6, 6.07) is 8.19. The molecule has 0 aliphatic carbocycles. The average Bonchev–Trinajstić information content (AvgIpc) is 2.81. The molecule has 2 aliphatic heterocycles. The number of benzene rings is 1. The van der Waals surface area contributed by atoms with Crippen molar-refractivity contribution in [3.63, 3.8) is 0 Å². The molecule has 0 saturated carbocycles. The first-order valence-corrected chi connectivity index (χ1v) is 7.32. The summed E-state index contributed by atoms with van der Waals surface area (Å²) in [7, 11) is 0. The maximum atomic E-state index is 12.4. The fraction of sp³-hybridized carbons (Fsp3) is 0.562. The SMILES string of the molecule is CC1(C)CC(NC(=O)[C@@H]2Cc3ccccc3N2)CCO1.